The van der Waals surface area contributed by atoms with E-state index in [2.05, 4.69) is 43.1 Å². The van der Waals surface area contributed by atoms with Crippen LogP contribution in [-0.4, -0.2) is 59.9 Å². The van der Waals surface area contributed by atoms with Crippen molar-refractivity contribution in [3.63, 3.8) is 0 Å². The van der Waals surface area contributed by atoms with Crippen LogP contribution in [0.15, 0.2) is 30.3 Å². The van der Waals surface area contributed by atoms with Gasteiger partial charge in [0.05, 0.1) is 12.7 Å². The molecule has 2 aliphatic heterocycles. The molecule has 0 saturated heterocycles. The van der Waals surface area contributed by atoms with Crippen LogP contribution in [0, 0.1) is 5.41 Å². The fourth-order valence-electron chi connectivity index (χ4n) is 6.81. The molecule has 2 aromatic rings. The minimum Gasteiger partial charge on any atom is -0.493 e. The van der Waals surface area contributed by atoms with E-state index in [4.69, 9.17) is 14.5 Å². The Balaban J connectivity index is 1.17. The largest absolute Gasteiger partial charge is 0.493 e. The van der Waals surface area contributed by atoms with Crippen LogP contribution in [0.3, 0.4) is 0 Å². The maximum Gasteiger partial charge on any atom is 0.325 e. The first-order chi connectivity index (χ1) is 18.7. The van der Waals surface area contributed by atoms with Gasteiger partial charge in [-0.15, -0.1) is 0 Å². The second-order valence-electron chi connectivity index (χ2n) is 12.4. The number of fused-ring (bicyclic) bond motifs is 2. The number of aromatic nitrogens is 1. The zero-order valence-electron chi connectivity index (χ0n) is 24.0. The van der Waals surface area contributed by atoms with Crippen LogP contribution in [0.5, 0.6) is 5.75 Å². The first-order valence-electron chi connectivity index (χ1n) is 14.8. The van der Waals surface area contributed by atoms with Crippen molar-refractivity contribution in [3.05, 3.63) is 52.7 Å². The van der Waals surface area contributed by atoms with E-state index < -0.39 is 12.0 Å². The normalized spacial score (nSPS) is 24.4. The predicted molar refractivity (Wildman–Crippen MR) is 154 cm³/mol. The number of unbranched alkanes of at least 4 members (excludes halogenated alkanes) is 1. The summed E-state index contributed by atoms with van der Waals surface area (Å²) in [6.07, 6.45) is 8.06. The minimum absolute atomic E-state index is 0.0137. The summed E-state index contributed by atoms with van der Waals surface area (Å²) in [7, 11) is 1.97. The van der Waals surface area contributed by atoms with Crippen LogP contribution in [0.1, 0.15) is 93.6 Å². The quantitative estimate of drug-likeness (QED) is 0.362. The fourth-order valence-corrected chi connectivity index (χ4v) is 6.81. The number of ether oxygens (including phenoxy) is 2. The average Bonchev–Trinajstić information content (AvgIpc) is 3.22. The summed E-state index contributed by atoms with van der Waals surface area (Å²) in [5, 5.41) is 13.8. The van der Waals surface area contributed by atoms with Crippen LogP contribution in [0.2, 0.25) is 0 Å². The molecule has 3 aliphatic rings. The Morgan fingerprint density at radius 2 is 2.13 bits per heavy atom. The molecule has 3 heterocycles. The number of carboxylic acids is 1. The van der Waals surface area contributed by atoms with E-state index in [0.29, 0.717) is 6.61 Å². The van der Waals surface area contributed by atoms with E-state index in [-0.39, 0.29) is 23.5 Å². The maximum atomic E-state index is 12.7. The lowest BCUT2D eigenvalue weighted by Crippen LogP contribution is -2.39. The number of nitrogens with one attached hydrogen (secondary N) is 1. The number of rotatable bonds is 10. The highest BCUT2D eigenvalue weighted by molar-refractivity contribution is 5.77. The number of pyridine rings is 1. The molecule has 1 aromatic carbocycles. The molecule has 1 aliphatic carbocycles. The maximum absolute atomic E-state index is 12.7. The SMILES string of the molecule is C[C@@H]1CCOc2cccc([C@H](C(=O)O)N(C)[C@H]3C[C@H](OCCCCc4ccc5c(n4)NCCC5)C(C)(C)C3)c21. The summed E-state index contributed by atoms with van der Waals surface area (Å²) in [5.74, 6) is 1.37. The fraction of sp³-hybridized carbons (Fsp3) is 0.625. The Kier molecular flexibility index (Phi) is 8.48. The minimum atomic E-state index is -0.808. The van der Waals surface area contributed by atoms with Gasteiger partial charge in [0.15, 0.2) is 0 Å². The molecule has 4 atom stereocenters. The lowest BCUT2D eigenvalue weighted by Gasteiger charge is -2.34. The summed E-state index contributed by atoms with van der Waals surface area (Å²) in [5.41, 5.74) is 4.38. The molecule has 1 saturated carbocycles. The highest BCUT2D eigenvalue weighted by Gasteiger charge is 2.45. The molecule has 0 radical (unpaired) electrons. The number of nitrogens with zero attached hydrogens (tertiary/aromatic N) is 2. The Bertz CT molecular complexity index is 1170. The van der Waals surface area contributed by atoms with Gasteiger partial charge in [0.25, 0.3) is 0 Å². The number of aryl methyl sites for hydroxylation is 2. The van der Waals surface area contributed by atoms with Gasteiger partial charge >= 0.3 is 5.97 Å². The molecule has 0 spiro atoms. The number of hydrogen-bond acceptors (Lipinski definition) is 6. The van der Waals surface area contributed by atoms with Crippen LogP contribution in [0.25, 0.3) is 0 Å². The molecule has 1 fully saturated rings. The first kappa shape index (κ1) is 27.9. The Hall–Kier alpha value is -2.64. The van der Waals surface area contributed by atoms with Crippen molar-refractivity contribution in [1.82, 2.24) is 9.88 Å². The predicted octanol–water partition coefficient (Wildman–Crippen LogP) is 5.98. The molecule has 39 heavy (non-hydrogen) atoms. The van der Waals surface area contributed by atoms with Gasteiger partial charge < -0.3 is 19.9 Å². The molecule has 5 rings (SSSR count). The standard InChI is InChI=1S/C32H45N3O4/c1-21-15-18-38-26-12-7-11-25(28(21)26)29(31(36)37)35(4)24-19-27(32(2,3)20-24)39-17-6-5-10-23-14-13-22-9-8-16-33-30(22)34-23/h7,11-14,21,24,27,29H,5-6,8-10,15-20H2,1-4H3,(H,33,34)(H,36,37)/t21-,24+,27+,29-/m1/s1. The van der Waals surface area contributed by atoms with Crippen molar-refractivity contribution in [3.8, 4) is 5.75 Å². The van der Waals surface area contributed by atoms with Crippen molar-refractivity contribution in [2.24, 2.45) is 5.41 Å². The van der Waals surface area contributed by atoms with E-state index in [1.54, 1.807) is 0 Å². The van der Waals surface area contributed by atoms with Gasteiger partial charge in [0.2, 0.25) is 0 Å². The van der Waals surface area contributed by atoms with Crippen LogP contribution < -0.4 is 10.1 Å². The van der Waals surface area contributed by atoms with E-state index in [9.17, 15) is 9.90 Å². The second kappa shape index (κ2) is 11.8. The molecule has 0 bridgehead atoms. The third-order valence-electron chi connectivity index (χ3n) is 9.13. The number of anilines is 1. The van der Waals surface area contributed by atoms with E-state index in [1.807, 2.05) is 25.2 Å². The van der Waals surface area contributed by atoms with Gasteiger partial charge in [0.1, 0.15) is 17.6 Å². The summed E-state index contributed by atoms with van der Waals surface area (Å²) in [6, 6.07) is 9.69. The van der Waals surface area contributed by atoms with Crippen molar-refractivity contribution >= 4 is 11.8 Å². The third-order valence-corrected chi connectivity index (χ3v) is 9.13. The Morgan fingerprint density at radius 3 is 2.95 bits per heavy atom. The van der Waals surface area contributed by atoms with Crippen molar-refractivity contribution in [2.45, 2.75) is 96.2 Å². The number of benzene rings is 1. The lowest BCUT2D eigenvalue weighted by molar-refractivity contribution is -0.144. The lowest BCUT2D eigenvalue weighted by atomic mass is 9.86. The molecular weight excluding hydrogens is 490 g/mol. The van der Waals surface area contributed by atoms with Gasteiger partial charge in [0, 0.05) is 30.5 Å². The molecule has 2 N–H and O–H groups in total. The molecule has 212 valence electrons. The molecule has 0 amide bonds. The van der Waals surface area contributed by atoms with E-state index in [1.165, 1.54) is 12.0 Å². The third kappa shape index (κ3) is 6.09. The van der Waals surface area contributed by atoms with E-state index in [0.717, 1.165) is 86.5 Å². The van der Waals surface area contributed by atoms with Crippen LogP contribution >= 0.6 is 0 Å². The van der Waals surface area contributed by atoms with Crippen molar-refractivity contribution < 1.29 is 19.4 Å². The Labute approximate surface area is 233 Å². The average molecular weight is 536 g/mol. The summed E-state index contributed by atoms with van der Waals surface area (Å²) >= 11 is 0. The zero-order chi connectivity index (χ0) is 27.6. The topological polar surface area (TPSA) is 83.9 Å². The van der Waals surface area contributed by atoms with Crippen molar-refractivity contribution in [2.75, 3.05) is 32.1 Å². The second-order valence-corrected chi connectivity index (χ2v) is 12.4. The van der Waals surface area contributed by atoms with Gasteiger partial charge in [-0.2, -0.15) is 0 Å². The van der Waals surface area contributed by atoms with Gasteiger partial charge in [-0.05, 0) is 93.0 Å². The van der Waals surface area contributed by atoms with Gasteiger partial charge in [-0.3, -0.25) is 9.69 Å². The smallest absolute Gasteiger partial charge is 0.325 e. The monoisotopic (exact) mass is 535 g/mol. The van der Waals surface area contributed by atoms with Gasteiger partial charge in [-0.25, -0.2) is 4.98 Å². The van der Waals surface area contributed by atoms with Crippen LogP contribution in [0.4, 0.5) is 5.82 Å². The molecule has 1 aromatic heterocycles. The highest BCUT2D eigenvalue weighted by Crippen LogP contribution is 2.45. The van der Waals surface area contributed by atoms with Crippen molar-refractivity contribution in [1.29, 1.82) is 0 Å². The summed E-state index contributed by atoms with van der Waals surface area (Å²) < 4.78 is 12.4. The number of hydrogen-bond donors (Lipinski definition) is 2. The Morgan fingerprint density at radius 1 is 1.28 bits per heavy atom. The van der Waals surface area contributed by atoms with E-state index >= 15 is 0 Å². The first-order valence-corrected chi connectivity index (χ1v) is 14.8. The molecule has 7 nitrogen and oxygen atoms in total. The number of aliphatic carboxylic acids is 1. The van der Waals surface area contributed by atoms with Crippen LogP contribution in [-0.2, 0) is 22.4 Å². The summed E-state index contributed by atoms with van der Waals surface area (Å²) in [6.45, 7) is 9.10. The molecule has 0 unspecified atom stereocenters. The molecular formula is C32H45N3O4. The number of carboxylic acid groups (broad SMARTS) is 1. The molecule has 7 heteroatoms. The summed E-state index contributed by atoms with van der Waals surface area (Å²) in [4.78, 5) is 19.5. The zero-order valence-corrected chi connectivity index (χ0v) is 24.0. The van der Waals surface area contributed by atoms with Gasteiger partial charge in [-0.1, -0.05) is 39.0 Å². The number of carbonyl (C=O) groups is 1. The number of likely N-dealkylation sites (N-methyl/N-ethyl adjacent to an activating group) is 1. The highest BCUT2D eigenvalue weighted by atomic mass is 16.5.